The zero-order valence-corrected chi connectivity index (χ0v) is 15.3. The number of nitrogens with one attached hydrogen (secondary N) is 1. The number of imidazole rings is 1. The summed E-state index contributed by atoms with van der Waals surface area (Å²) in [4.78, 5) is 19.2. The lowest BCUT2D eigenvalue weighted by Gasteiger charge is -2.13. The molecule has 0 atom stereocenters. The number of hydrogen-bond acceptors (Lipinski definition) is 2. The molecule has 0 bridgehead atoms. The van der Waals surface area contributed by atoms with E-state index in [4.69, 9.17) is 4.98 Å². The number of nitrogens with zero attached hydrogens (tertiary/aromatic N) is 2. The Hall–Kier alpha value is -3.02. The van der Waals surface area contributed by atoms with Crippen molar-refractivity contribution >= 4 is 21.9 Å². The first-order valence-electron chi connectivity index (χ1n) is 8.82. The van der Waals surface area contributed by atoms with Gasteiger partial charge in [-0.3, -0.25) is 4.79 Å². The molecule has 0 spiro atoms. The predicted octanol–water partition coefficient (Wildman–Crippen LogP) is 4.64. The third kappa shape index (κ3) is 2.91. The van der Waals surface area contributed by atoms with Crippen LogP contribution in [0.25, 0.3) is 21.9 Å². The summed E-state index contributed by atoms with van der Waals surface area (Å²) in [7, 11) is 0. The Morgan fingerprint density at radius 2 is 1.93 bits per heavy atom. The van der Waals surface area contributed by atoms with Gasteiger partial charge < -0.3 is 9.55 Å². The molecule has 0 aliphatic carbocycles. The highest BCUT2D eigenvalue weighted by Gasteiger charge is 2.17. The molecule has 2 heterocycles. The van der Waals surface area contributed by atoms with Gasteiger partial charge in [0.1, 0.15) is 5.82 Å². The van der Waals surface area contributed by atoms with Crippen molar-refractivity contribution in [3.63, 3.8) is 0 Å². The molecule has 27 heavy (non-hydrogen) atoms. The summed E-state index contributed by atoms with van der Waals surface area (Å²) in [6, 6.07) is 10.0. The van der Waals surface area contributed by atoms with Crippen molar-refractivity contribution in [2.45, 2.75) is 33.2 Å². The van der Waals surface area contributed by atoms with E-state index in [9.17, 15) is 13.6 Å². The Bertz CT molecular complexity index is 1240. The van der Waals surface area contributed by atoms with Crippen LogP contribution in [0.2, 0.25) is 0 Å². The summed E-state index contributed by atoms with van der Waals surface area (Å²) in [6.07, 6.45) is 0. The van der Waals surface area contributed by atoms with Gasteiger partial charge in [0, 0.05) is 17.4 Å². The second-order valence-corrected chi connectivity index (χ2v) is 7.15. The Balaban J connectivity index is 1.96. The van der Waals surface area contributed by atoms with E-state index in [-0.39, 0.29) is 11.4 Å². The summed E-state index contributed by atoms with van der Waals surface area (Å²) in [5.74, 6) is -0.977. The minimum atomic E-state index is -1.04. The fourth-order valence-corrected chi connectivity index (χ4v) is 3.50. The van der Waals surface area contributed by atoms with Crippen LogP contribution < -0.4 is 5.56 Å². The van der Waals surface area contributed by atoms with Gasteiger partial charge >= 0.3 is 0 Å². The van der Waals surface area contributed by atoms with Crippen LogP contribution in [-0.4, -0.2) is 14.5 Å². The molecular formula is C21H19F2N3O. The first-order valence-corrected chi connectivity index (χ1v) is 8.82. The molecule has 1 N–H and O–H groups in total. The highest BCUT2D eigenvalue weighted by molar-refractivity contribution is 5.83. The van der Waals surface area contributed by atoms with Gasteiger partial charge in [0.15, 0.2) is 11.6 Å². The van der Waals surface area contributed by atoms with Crippen molar-refractivity contribution in [1.82, 2.24) is 14.5 Å². The summed E-state index contributed by atoms with van der Waals surface area (Å²) < 4.78 is 29.8. The van der Waals surface area contributed by atoms with Crippen molar-refractivity contribution in [3.8, 4) is 0 Å². The molecule has 0 radical (unpaired) electrons. The lowest BCUT2D eigenvalue weighted by atomic mass is 10.1. The van der Waals surface area contributed by atoms with Crippen LogP contribution in [-0.2, 0) is 6.54 Å². The topological polar surface area (TPSA) is 50.7 Å². The third-order valence-electron chi connectivity index (χ3n) is 4.77. The van der Waals surface area contributed by atoms with Crippen molar-refractivity contribution in [2.75, 3.05) is 0 Å². The molecule has 0 aliphatic heterocycles. The summed E-state index contributed by atoms with van der Waals surface area (Å²) in [6.45, 7) is 6.46. The monoisotopic (exact) mass is 367 g/mol. The molecule has 0 saturated heterocycles. The molecule has 2 aromatic carbocycles. The van der Waals surface area contributed by atoms with E-state index >= 15 is 0 Å². The minimum absolute atomic E-state index is 0.108. The van der Waals surface area contributed by atoms with Gasteiger partial charge in [-0.25, -0.2) is 13.8 Å². The maximum absolute atomic E-state index is 14.2. The van der Waals surface area contributed by atoms with Gasteiger partial charge in [-0.15, -0.1) is 0 Å². The summed E-state index contributed by atoms with van der Waals surface area (Å²) in [5.41, 5.74) is 2.98. The van der Waals surface area contributed by atoms with Crippen LogP contribution in [0.3, 0.4) is 0 Å². The molecule has 138 valence electrons. The second kappa shape index (κ2) is 6.30. The fraction of sp³-hybridized carbons (Fsp3) is 0.238. The van der Waals surface area contributed by atoms with Crippen LogP contribution >= 0.6 is 0 Å². The molecule has 4 aromatic rings. The molecule has 2 aromatic heterocycles. The second-order valence-electron chi connectivity index (χ2n) is 7.15. The summed E-state index contributed by atoms with van der Waals surface area (Å²) in [5, 5.41) is 0.483. The van der Waals surface area contributed by atoms with Crippen LogP contribution in [0, 0.1) is 18.6 Å². The number of fused-ring (bicyclic) bond motifs is 2. The molecule has 0 aliphatic rings. The molecule has 4 rings (SSSR count). The van der Waals surface area contributed by atoms with Gasteiger partial charge in [-0.05, 0) is 42.3 Å². The van der Waals surface area contributed by atoms with Gasteiger partial charge in [0.25, 0.3) is 0 Å². The first kappa shape index (κ1) is 17.4. The largest absolute Gasteiger partial charge is 0.323 e. The molecule has 4 nitrogen and oxygen atoms in total. The van der Waals surface area contributed by atoms with E-state index in [1.165, 1.54) is 12.1 Å². The van der Waals surface area contributed by atoms with E-state index in [0.717, 1.165) is 28.5 Å². The predicted molar refractivity (Wildman–Crippen MR) is 102 cm³/mol. The van der Waals surface area contributed by atoms with Gasteiger partial charge in [-0.1, -0.05) is 19.9 Å². The van der Waals surface area contributed by atoms with Gasteiger partial charge in [0.05, 0.1) is 23.1 Å². The van der Waals surface area contributed by atoms with Gasteiger partial charge in [0.2, 0.25) is 5.56 Å². The zero-order chi connectivity index (χ0) is 19.3. The maximum atomic E-state index is 14.2. The van der Waals surface area contributed by atoms with Crippen molar-refractivity contribution in [3.05, 3.63) is 75.3 Å². The van der Waals surface area contributed by atoms with Crippen LogP contribution in [0.5, 0.6) is 0 Å². The van der Waals surface area contributed by atoms with E-state index in [1.54, 1.807) is 0 Å². The standard InChI is InChI=1S/C21H19F2N3O/c1-11(2)21-24-16-8-12(3)4-7-17(16)26(21)10-13-9-18(27)25-20-14(13)5-6-15(22)19(20)23/h4-9,11H,10H2,1-3H3,(H,25,27). The molecule has 0 fully saturated rings. The fourth-order valence-electron chi connectivity index (χ4n) is 3.50. The molecule has 0 unspecified atom stereocenters. The Kier molecular flexibility index (Phi) is 4.06. The van der Waals surface area contributed by atoms with Crippen LogP contribution in [0.15, 0.2) is 41.2 Å². The van der Waals surface area contributed by atoms with E-state index < -0.39 is 17.2 Å². The number of aryl methyl sites for hydroxylation is 1. The SMILES string of the molecule is Cc1ccc2c(c1)nc(C(C)C)n2Cc1cc(=O)[nH]c2c(F)c(F)ccc12. The Morgan fingerprint density at radius 1 is 1.15 bits per heavy atom. The maximum Gasteiger partial charge on any atom is 0.248 e. The zero-order valence-electron chi connectivity index (χ0n) is 15.3. The Labute approximate surface area is 154 Å². The third-order valence-corrected chi connectivity index (χ3v) is 4.77. The number of aromatic nitrogens is 3. The van der Waals surface area contributed by atoms with Gasteiger partial charge in [-0.2, -0.15) is 0 Å². The average molecular weight is 367 g/mol. The highest BCUT2D eigenvalue weighted by atomic mass is 19.2. The van der Waals surface area contributed by atoms with Crippen molar-refractivity contribution < 1.29 is 8.78 Å². The summed E-state index contributed by atoms with van der Waals surface area (Å²) >= 11 is 0. The van der Waals surface area contributed by atoms with Crippen molar-refractivity contribution in [2.24, 2.45) is 0 Å². The average Bonchev–Trinajstić information content (AvgIpc) is 2.96. The quantitative estimate of drug-likeness (QED) is 0.574. The number of pyridine rings is 1. The number of aromatic amines is 1. The lowest BCUT2D eigenvalue weighted by Crippen LogP contribution is -2.12. The number of halogens is 2. The van der Waals surface area contributed by atoms with E-state index in [1.807, 2.05) is 29.7 Å². The normalized spacial score (nSPS) is 11.8. The van der Waals surface area contributed by atoms with Crippen molar-refractivity contribution in [1.29, 1.82) is 0 Å². The number of benzene rings is 2. The smallest absolute Gasteiger partial charge is 0.248 e. The highest BCUT2D eigenvalue weighted by Crippen LogP contribution is 2.26. The number of rotatable bonds is 3. The molecule has 0 saturated carbocycles. The first-order chi connectivity index (χ1) is 12.8. The number of H-pyrrole nitrogens is 1. The lowest BCUT2D eigenvalue weighted by molar-refractivity contribution is 0.515. The Morgan fingerprint density at radius 3 is 2.67 bits per heavy atom. The van der Waals surface area contributed by atoms with E-state index in [0.29, 0.717) is 17.5 Å². The molecule has 0 amide bonds. The molecular weight excluding hydrogens is 348 g/mol. The number of hydrogen-bond donors (Lipinski definition) is 1. The van der Waals surface area contributed by atoms with Crippen LogP contribution in [0.4, 0.5) is 8.78 Å². The molecule has 6 heteroatoms. The van der Waals surface area contributed by atoms with E-state index in [2.05, 4.69) is 18.8 Å². The minimum Gasteiger partial charge on any atom is -0.323 e. The van der Waals surface area contributed by atoms with Crippen LogP contribution in [0.1, 0.15) is 36.7 Å².